The van der Waals surface area contributed by atoms with Gasteiger partial charge in [0.15, 0.2) is 5.58 Å². The van der Waals surface area contributed by atoms with Crippen LogP contribution in [0.15, 0.2) is 198 Å². The van der Waals surface area contributed by atoms with E-state index in [2.05, 4.69) is 34.9 Å². The number of para-hydroxylation sites is 3. The lowest BCUT2D eigenvalue weighted by Gasteiger charge is -2.26. The van der Waals surface area contributed by atoms with Gasteiger partial charge in [-0.05, 0) is 76.9 Å². The molecular weight excluding hydrogens is 621 g/mol. The normalized spacial score (nSPS) is 14.3. The van der Waals surface area contributed by atoms with Gasteiger partial charge in [-0.15, -0.1) is 0 Å². The molecule has 3 heteroatoms. The Kier molecular flexibility index (Phi) is 4.83. The Morgan fingerprint density at radius 2 is 0.941 bits per heavy atom. The second-order valence-electron chi connectivity index (χ2n) is 12.2. The van der Waals surface area contributed by atoms with Crippen LogP contribution in [0.1, 0.15) is 13.7 Å². The molecule has 2 aromatic heterocycles. The smallest absolute Gasteiger partial charge is 0.159 e. The summed E-state index contributed by atoms with van der Waals surface area (Å²) in [6, 6.07) is 39.0. The van der Waals surface area contributed by atoms with Crippen LogP contribution in [0.5, 0.6) is 0 Å². The lowest BCUT2D eigenvalue weighted by atomic mass is 10.0. The fourth-order valence-corrected chi connectivity index (χ4v) is 7.06. The number of fused-ring (bicyclic) bond motifs is 6. The maximum atomic E-state index is 8.55. The van der Waals surface area contributed by atoms with Crippen molar-refractivity contribution in [1.29, 1.82) is 0 Å². The van der Waals surface area contributed by atoms with Gasteiger partial charge in [0.25, 0.3) is 0 Å². The van der Waals surface area contributed by atoms with Gasteiger partial charge in [-0.2, -0.15) is 0 Å². The first-order chi connectivity index (χ1) is 29.4. The molecule has 3 nitrogen and oxygen atoms in total. The SMILES string of the molecule is [2H]c1c([2H])c([2H])c(-c2ccc(N(c3ccc(-c4c([2H])c([2H])c([2H])c([2H])c4[2H])cc3)c3ccc4c(c3)oc3c(-n5c6ccccc6c6ccccc65)cccc34)cc2)c([2H])c1[2H]. The highest BCUT2D eigenvalue weighted by molar-refractivity contribution is 6.13. The van der Waals surface area contributed by atoms with Crippen LogP contribution in [0.2, 0.25) is 0 Å². The number of furan rings is 1. The number of hydrogen-bond acceptors (Lipinski definition) is 2. The second-order valence-corrected chi connectivity index (χ2v) is 12.2. The lowest BCUT2D eigenvalue weighted by Crippen LogP contribution is -2.09. The van der Waals surface area contributed by atoms with Crippen molar-refractivity contribution in [3.05, 3.63) is 194 Å². The van der Waals surface area contributed by atoms with Gasteiger partial charge in [0.2, 0.25) is 0 Å². The van der Waals surface area contributed by atoms with Crippen molar-refractivity contribution >= 4 is 60.8 Å². The number of anilines is 3. The Labute approximate surface area is 309 Å². The van der Waals surface area contributed by atoms with Crippen molar-refractivity contribution < 1.29 is 18.1 Å². The molecule has 0 saturated heterocycles. The molecule has 10 aromatic rings. The van der Waals surface area contributed by atoms with Crippen molar-refractivity contribution in [1.82, 2.24) is 4.57 Å². The summed E-state index contributed by atoms with van der Waals surface area (Å²) >= 11 is 0. The highest BCUT2D eigenvalue weighted by atomic mass is 16.3. The van der Waals surface area contributed by atoms with Gasteiger partial charge in [-0.1, -0.05) is 133 Å². The summed E-state index contributed by atoms with van der Waals surface area (Å²) in [5.41, 5.74) is 7.52. The van der Waals surface area contributed by atoms with Crippen LogP contribution in [0.4, 0.5) is 17.1 Å². The van der Waals surface area contributed by atoms with Crippen LogP contribution in [-0.4, -0.2) is 4.57 Å². The quantitative estimate of drug-likeness (QED) is 0.177. The minimum atomic E-state index is -0.461. The first-order valence-electron chi connectivity index (χ1n) is 21.5. The van der Waals surface area contributed by atoms with E-state index < -0.39 is 36.3 Å². The highest BCUT2D eigenvalue weighted by Crippen LogP contribution is 2.42. The number of aromatic nitrogens is 1. The van der Waals surface area contributed by atoms with Gasteiger partial charge in [0.05, 0.1) is 30.4 Å². The Bertz CT molecular complexity index is 3210. The summed E-state index contributed by atoms with van der Waals surface area (Å²) in [4.78, 5) is 1.97. The third-order valence-corrected chi connectivity index (χ3v) is 9.37. The number of hydrogen-bond donors (Lipinski definition) is 0. The molecular formula is C48H32N2O. The molecule has 0 bridgehead atoms. The predicted octanol–water partition coefficient (Wildman–Crippen LogP) is 13.5. The van der Waals surface area contributed by atoms with Gasteiger partial charge in [0.1, 0.15) is 5.58 Å². The third-order valence-electron chi connectivity index (χ3n) is 9.37. The summed E-state index contributed by atoms with van der Waals surface area (Å²) < 4.78 is 92.2. The average Bonchev–Trinajstić information content (AvgIpc) is 3.83. The summed E-state index contributed by atoms with van der Waals surface area (Å²) in [7, 11) is 0. The average molecular weight is 663 g/mol. The topological polar surface area (TPSA) is 21.3 Å². The third kappa shape index (κ3) is 4.90. The van der Waals surface area contributed by atoms with Crippen LogP contribution in [0, 0.1) is 0 Å². The zero-order chi connectivity index (χ0) is 42.4. The van der Waals surface area contributed by atoms with E-state index >= 15 is 0 Å². The molecule has 2 heterocycles. The van der Waals surface area contributed by atoms with Crippen molar-refractivity contribution in [2.45, 2.75) is 0 Å². The second kappa shape index (κ2) is 11.9. The maximum absolute atomic E-state index is 8.55. The van der Waals surface area contributed by atoms with Gasteiger partial charge >= 0.3 is 0 Å². The van der Waals surface area contributed by atoms with E-state index in [0.29, 0.717) is 28.1 Å². The fraction of sp³-hybridized carbons (Fsp3) is 0. The first kappa shape index (κ1) is 20.6. The molecule has 0 saturated carbocycles. The summed E-state index contributed by atoms with van der Waals surface area (Å²) in [5.74, 6) is 0. The number of nitrogens with zero attached hydrogens (tertiary/aromatic N) is 2. The van der Waals surface area contributed by atoms with Crippen LogP contribution in [-0.2, 0) is 0 Å². The number of benzene rings is 8. The summed E-state index contributed by atoms with van der Waals surface area (Å²) in [6.07, 6.45) is 0. The van der Waals surface area contributed by atoms with Gasteiger partial charge in [-0.25, -0.2) is 0 Å². The predicted molar refractivity (Wildman–Crippen MR) is 214 cm³/mol. The molecule has 0 radical (unpaired) electrons. The van der Waals surface area contributed by atoms with Crippen LogP contribution in [0.25, 0.3) is 71.7 Å². The van der Waals surface area contributed by atoms with E-state index in [-0.39, 0.29) is 35.3 Å². The van der Waals surface area contributed by atoms with Crippen LogP contribution in [0.3, 0.4) is 0 Å². The van der Waals surface area contributed by atoms with Crippen LogP contribution >= 0.6 is 0 Å². The Hall–Kier alpha value is -6.84. The van der Waals surface area contributed by atoms with Gasteiger partial charge < -0.3 is 13.9 Å². The van der Waals surface area contributed by atoms with E-state index in [1.54, 1.807) is 24.3 Å². The molecule has 0 N–H and O–H groups in total. The summed E-state index contributed by atoms with van der Waals surface area (Å²) in [6.45, 7) is 0. The molecule has 0 spiro atoms. The molecule has 0 atom stereocenters. The van der Waals surface area contributed by atoms with Crippen LogP contribution < -0.4 is 4.90 Å². The molecule has 0 amide bonds. The minimum Gasteiger partial charge on any atom is -0.454 e. The molecule has 51 heavy (non-hydrogen) atoms. The largest absolute Gasteiger partial charge is 0.454 e. The molecule has 240 valence electrons. The molecule has 0 aliphatic rings. The number of rotatable bonds is 6. The lowest BCUT2D eigenvalue weighted by molar-refractivity contribution is 0.666. The monoisotopic (exact) mass is 662 g/mol. The molecule has 10 rings (SSSR count). The standard InChI is InChI=1S/C48H32N2O/c1-3-12-33(13-4-1)35-22-26-37(27-23-35)49(38-28-24-36(25-29-38)34-14-5-2-6-15-34)39-30-31-42-43-18-11-21-46(48(43)51-47(42)32-39)50-44-19-9-7-16-40(44)41-17-8-10-20-45(41)50/h1-32H/i1D,2D,3D,4D,5D,6D,12D,13D,14D,15D. The summed E-state index contributed by atoms with van der Waals surface area (Å²) in [5, 5.41) is 4.13. The van der Waals surface area contributed by atoms with Crippen molar-refractivity contribution in [3.8, 4) is 27.9 Å². The van der Waals surface area contributed by atoms with Gasteiger partial charge in [-0.3, -0.25) is 0 Å². The fourth-order valence-electron chi connectivity index (χ4n) is 7.06. The van der Waals surface area contributed by atoms with E-state index in [1.807, 2.05) is 83.8 Å². The van der Waals surface area contributed by atoms with Crippen molar-refractivity contribution in [2.75, 3.05) is 4.90 Å². The molecule has 0 aliphatic carbocycles. The van der Waals surface area contributed by atoms with E-state index in [0.717, 1.165) is 49.5 Å². The molecule has 0 unspecified atom stereocenters. The molecule has 0 aliphatic heterocycles. The van der Waals surface area contributed by atoms with Crippen molar-refractivity contribution in [3.63, 3.8) is 0 Å². The Morgan fingerprint density at radius 1 is 0.431 bits per heavy atom. The Morgan fingerprint density at radius 3 is 1.51 bits per heavy atom. The highest BCUT2D eigenvalue weighted by Gasteiger charge is 2.19. The minimum absolute atomic E-state index is 0.0924. The van der Waals surface area contributed by atoms with E-state index in [4.69, 9.17) is 18.1 Å². The zero-order valence-corrected chi connectivity index (χ0v) is 27.0. The van der Waals surface area contributed by atoms with E-state index in [1.165, 1.54) is 0 Å². The first-order valence-corrected chi connectivity index (χ1v) is 16.5. The molecule has 0 fully saturated rings. The van der Waals surface area contributed by atoms with E-state index in [9.17, 15) is 0 Å². The maximum Gasteiger partial charge on any atom is 0.159 e. The van der Waals surface area contributed by atoms with Gasteiger partial charge in [0, 0.05) is 44.7 Å². The molecule has 8 aromatic carbocycles. The van der Waals surface area contributed by atoms with Crippen molar-refractivity contribution in [2.24, 2.45) is 0 Å². The zero-order valence-electron chi connectivity index (χ0n) is 37.0. The Balaban J connectivity index is 1.14.